The van der Waals surface area contributed by atoms with Crippen molar-refractivity contribution in [3.05, 3.63) is 182 Å². The summed E-state index contributed by atoms with van der Waals surface area (Å²) in [5.74, 6) is -0.356. The molecule has 3 amide bonds. The maximum Gasteiger partial charge on any atom is 0.494 e. The van der Waals surface area contributed by atoms with E-state index in [0.29, 0.717) is 63.9 Å². The number of likely N-dealkylation sites (tertiary alicyclic amines) is 3. The summed E-state index contributed by atoms with van der Waals surface area (Å²) in [5.41, 5.74) is 13.4. The number of halogens is 1. The molecule has 19 heteroatoms. The van der Waals surface area contributed by atoms with Crippen LogP contribution in [-0.4, -0.2) is 161 Å². The second kappa shape index (κ2) is 34.2. The molecule has 3 spiro atoms. The topological polar surface area (TPSA) is 219 Å². The lowest BCUT2D eigenvalue weighted by atomic mass is 9.78. The van der Waals surface area contributed by atoms with Gasteiger partial charge in [-0.05, 0) is 282 Å². The number of nitrogens with zero attached hydrogens (tertiary/aromatic N) is 3. The monoisotopic (exact) mass is 1530 g/mol. The first-order chi connectivity index (χ1) is 49.2. The molecule has 16 rings (SSSR count). The minimum atomic E-state index is -0.897. The van der Waals surface area contributed by atoms with Gasteiger partial charge < -0.3 is 53.5 Å². The molecule has 6 atom stereocenters. The van der Waals surface area contributed by atoms with Crippen molar-refractivity contribution in [1.82, 2.24) is 14.7 Å². The SMILES string of the molecule is C.C.C.C.CC1(C)OB(c2ccc(C3CC34CCN(C(=O)[C@H]3CCCO3)CC4)cc2)OC1(C)C.Cc1cc(Br)cc(C(=O)O)c1.Cc1cc(C(=O)O)cc(-c2ccc([C@@H]3CC34CCN(C(=O)[C@H]3CCCO3)CC4)cc2)c1.Cc1cc(C(=O)O)cc(-c2ccc([C@H]3CC34CCN(C(=O)[C@H]3CCCO3)CC4)cc2)c1. The largest absolute Gasteiger partial charge is 0.494 e. The van der Waals surface area contributed by atoms with E-state index in [-0.39, 0.29) is 84.1 Å². The van der Waals surface area contributed by atoms with Crippen molar-refractivity contribution >= 4 is 64.1 Å². The maximum atomic E-state index is 12.6. The van der Waals surface area contributed by atoms with E-state index in [1.807, 2.05) is 53.7 Å². The van der Waals surface area contributed by atoms with Gasteiger partial charge in [0, 0.05) is 63.6 Å². The first-order valence-electron chi connectivity index (χ1n) is 37.3. The summed E-state index contributed by atoms with van der Waals surface area (Å²) < 4.78 is 29.9. The van der Waals surface area contributed by atoms with Crippen LogP contribution in [0.2, 0.25) is 0 Å². The number of hydrogen-bond acceptors (Lipinski definition) is 11. The molecular formula is C88H115BBrN3O14. The number of carboxylic acids is 3. The van der Waals surface area contributed by atoms with Gasteiger partial charge in [-0.2, -0.15) is 0 Å². The smallest absolute Gasteiger partial charge is 0.478 e. The summed E-state index contributed by atoms with van der Waals surface area (Å²) in [5, 5.41) is 27.3. The van der Waals surface area contributed by atoms with Crippen molar-refractivity contribution in [1.29, 1.82) is 0 Å². The summed E-state index contributed by atoms with van der Waals surface area (Å²) in [7, 11) is -0.302. The molecule has 3 aliphatic carbocycles. The standard InChI is InChI=1S/2C26H29NO4.C24H34BNO4.C8H7BrO2.4CH4/c2*1-17-13-20(15-21(14-17)25(29)30)18-4-6-19(7-5-18)22-16-26(22)8-10-27(11-9-26)24(28)23-3-2-12-31-23;1-22(2)23(3,4)30-25(29-22)18-9-7-17(8-10-18)19-16-24(19)11-13-26(14-12-24)21(27)20-6-5-15-28-20;1-5-2-6(8(10)11)4-7(9)3-5;;;;/h2*4-7,13-15,22-23H,2-3,8-12,16H2,1H3,(H,29,30);7-10,19-20H,5-6,11-16H2,1-4H3;2-4H,1H3,(H,10,11);4*1H4/t22-,23+;22-,23-;19?,20-;;;;;/m011...../s1. The van der Waals surface area contributed by atoms with Gasteiger partial charge in [-0.1, -0.05) is 131 Å². The van der Waals surface area contributed by atoms with Crippen molar-refractivity contribution in [3.63, 3.8) is 0 Å². The lowest BCUT2D eigenvalue weighted by Crippen LogP contribution is -2.44. The molecule has 576 valence electrons. The number of amides is 3. The van der Waals surface area contributed by atoms with Gasteiger partial charge in [0.25, 0.3) is 17.7 Å². The Bertz CT molecular complexity index is 3920. The van der Waals surface area contributed by atoms with Gasteiger partial charge in [-0.15, -0.1) is 0 Å². The average molecular weight is 1530 g/mol. The predicted octanol–water partition coefficient (Wildman–Crippen LogP) is 17.5. The number of aryl methyl sites for hydroxylation is 3. The van der Waals surface area contributed by atoms with Gasteiger partial charge in [0.1, 0.15) is 18.3 Å². The Morgan fingerprint density at radius 3 is 0.972 bits per heavy atom. The zero-order valence-electron chi connectivity index (χ0n) is 60.7. The fourth-order valence-electron chi connectivity index (χ4n) is 17.2. The molecule has 6 aromatic rings. The fraction of sp³-hybridized carbons (Fsp3) is 0.523. The molecule has 3 saturated carbocycles. The first-order valence-corrected chi connectivity index (χ1v) is 38.1. The number of carboxylic acid groups (broad SMARTS) is 3. The summed E-state index contributed by atoms with van der Waals surface area (Å²) >= 11 is 3.22. The van der Waals surface area contributed by atoms with Crippen molar-refractivity contribution in [3.8, 4) is 22.3 Å². The van der Waals surface area contributed by atoms with E-state index in [4.69, 9.17) is 28.6 Å². The average Bonchev–Trinajstić information content (AvgIpc) is 1.59. The molecule has 1 unspecified atom stereocenters. The minimum absolute atomic E-state index is 0. The van der Waals surface area contributed by atoms with E-state index in [1.165, 1.54) is 36.0 Å². The van der Waals surface area contributed by atoms with Crippen LogP contribution < -0.4 is 5.46 Å². The quantitative estimate of drug-likeness (QED) is 0.0971. The number of hydrogen-bond donors (Lipinski definition) is 3. The van der Waals surface area contributed by atoms with E-state index < -0.39 is 17.9 Å². The van der Waals surface area contributed by atoms with Crippen molar-refractivity contribution in [2.24, 2.45) is 16.2 Å². The highest BCUT2D eigenvalue weighted by molar-refractivity contribution is 9.10. The van der Waals surface area contributed by atoms with Gasteiger partial charge in [0.2, 0.25) is 0 Å². The summed E-state index contributed by atoms with van der Waals surface area (Å²) in [6.45, 7) is 21.3. The van der Waals surface area contributed by atoms with Crippen LogP contribution in [0.3, 0.4) is 0 Å². The Morgan fingerprint density at radius 1 is 0.402 bits per heavy atom. The molecule has 0 bridgehead atoms. The van der Waals surface area contributed by atoms with Crippen LogP contribution >= 0.6 is 15.9 Å². The number of carbonyl (C=O) groups is 6. The number of piperidine rings is 3. The van der Waals surface area contributed by atoms with Crippen LogP contribution in [0.25, 0.3) is 22.3 Å². The highest BCUT2D eigenvalue weighted by atomic mass is 79.9. The van der Waals surface area contributed by atoms with E-state index in [0.717, 1.165) is 172 Å². The zero-order chi connectivity index (χ0) is 72.8. The molecule has 10 aliphatic rings. The maximum absolute atomic E-state index is 12.6. The summed E-state index contributed by atoms with van der Waals surface area (Å²) in [4.78, 5) is 77.1. The van der Waals surface area contributed by atoms with E-state index in [9.17, 15) is 39.0 Å². The van der Waals surface area contributed by atoms with E-state index in [1.54, 1.807) is 36.4 Å². The number of benzene rings is 6. The van der Waals surface area contributed by atoms with Crippen LogP contribution in [0.1, 0.15) is 236 Å². The molecule has 6 aromatic carbocycles. The molecule has 3 N–H and O–H groups in total. The molecule has 7 saturated heterocycles. The molecule has 7 heterocycles. The highest BCUT2D eigenvalue weighted by Gasteiger charge is 2.59. The lowest BCUT2D eigenvalue weighted by molar-refractivity contribution is -0.143. The second-order valence-corrected chi connectivity index (χ2v) is 32.9. The Balaban J connectivity index is 0.000000170. The van der Waals surface area contributed by atoms with Crippen molar-refractivity contribution < 1.29 is 67.6 Å². The van der Waals surface area contributed by atoms with Gasteiger partial charge in [-0.3, -0.25) is 14.4 Å². The third kappa shape index (κ3) is 18.7. The number of ether oxygens (including phenoxy) is 3. The van der Waals surface area contributed by atoms with E-state index in [2.05, 4.69) is 116 Å². The first kappa shape index (κ1) is 83.5. The van der Waals surface area contributed by atoms with Gasteiger partial charge in [0.15, 0.2) is 0 Å². The molecule has 17 nitrogen and oxygen atoms in total. The number of rotatable bonds is 12. The third-order valence-electron chi connectivity index (χ3n) is 24.5. The van der Waals surface area contributed by atoms with Gasteiger partial charge in [0.05, 0.1) is 27.9 Å². The van der Waals surface area contributed by atoms with Crippen LogP contribution in [-0.2, 0) is 37.9 Å². The zero-order valence-corrected chi connectivity index (χ0v) is 62.3. The Hall–Kier alpha value is -7.52. The third-order valence-corrected chi connectivity index (χ3v) is 24.9. The lowest BCUT2D eigenvalue weighted by Gasteiger charge is -2.34. The predicted molar refractivity (Wildman–Crippen MR) is 426 cm³/mol. The minimum Gasteiger partial charge on any atom is -0.478 e. The second-order valence-electron chi connectivity index (χ2n) is 31.9. The Kier molecular flexibility index (Phi) is 26.7. The van der Waals surface area contributed by atoms with Gasteiger partial charge >= 0.3 is 25.0 Å². The number of aromatic carboxylic acids is 3. The molecule has 10 fully saturated rings. The van der Waals surface area contributed by atoms with Crippen molar-refractivity contribution in [2.75, 3.05) is 59.1 Å². The van der Waals surface area contributed by atoms with Crippen LogP contribution in [0, 0.1) is 37.0 Å². The summed E-state index contributed by atoms with van der Waals surface area (Å²) in [6.07, 6.45) is 15.1. The Morgan fingerprint density at radius 2 is 0.692 bits per heavy atom. The molecule has 7 aliphatic heterocycles. The van der Waals surface area contributed by atoms with Gasteiger partial charge in [-0.25, -0.2) is 14.4 Å². The molecule has 107 heavy (non-hydrogen) atoms. The van der Waals surface area contributed by atoms with Crippen LogP contribution in [0.4, 0.5) is 0 Å². The Labute approximate surface area is 644 Å². The normalized spacial score (nSPS) is 23.9. The van der Waals surface area contributed by atoms with E-state index >= 15 is 0 Å². The van der Waals surface area contributed by atoms with Crippen LogP contribution in [0.15, 0.2) is 132 Å². The fourth-order valence-corrected chi connectivity index (χ4v) is 17.9. The van der Waals surface area contributed by atoms with Crippen LogP contribution in [0.5, 0.6) is 0 Å². The molecular weight excluding hydrogens is 1410 g/mol. The molecule has 0 aromatic heterocycles. The highest BCUT2D eigenvalue weighted by Crippen LogP contribution is 2.67. The number of carbonyl (C=O) groups excluding carboxylic acids is 3. The molecule has 0 radical (unpaired) electrons. The van der Waals surface area contributed by atoms with Crippen molar-refractivity contribution in [2.45, 2.75) is 222 Å². The summed E-state index contributed by atoms with van der Waals surface area (Å²) in [6, 6.07) is 42.1.